The predicted molar refractivity (Wildman–Crippen MR) is 98.0 cm³/mol. The zero-order valence-corrected chi connectivity index (χ0v) is 15.3. The molecule has 3 nitrogen and oxygen atoms in total. The Kier molecular flexibility index (Phi) is 5.92. The van der Waals surface area contributed by atoms with Crippen molar-refractivity contribution < 1.29 is 9.18 Å². The smallest absolute Gasteiger partial charge is 0.230 e. The van der Waals surface area contributed by atoms with Crippen molar-refractivity contribution in [1.82, 2.24) is 10.2 Å². The van der Waals surface area contributed by atoms with E-state index in [0.29, 0.717) is 18.3 Å². The van der Waals surface area contributed by atoms with Crippen LogP contribution in [-0.2, 0) is 17.8 Å². The number of hydrogen-bond acceptors (Lipinski definition) is 4. The Labute approximate surface area is 150 Å². The van der Waals surface area contributed by atoms with Gasteiger partial charge in [0.15, 0.2) is 0 Å². The van der Waals surface area contributed by atoms with Crippen LogP contribution in [0.25, 0.3) is 0 Å². The molecule has 0 saturated carbocycles. The number of nitrogens with one attached hydrogen (secondary N) is 1. The van der Waals surface area contributed by atoms with Crippen molar-refractivity contribution in [3.05, 3.63) is 52.0 Å². The third-order valence-electron chi connectivity index (χ3n) is 4.24. The van der Waals surface area contributed by atoms with Gasteiger partial charge in [-0.05, 0) is 54.6 Å². The summed E-state index contributed by atoms with van der Waals surface area (Å²) in [6, 6.07) is 8.74. The van der Waals surface area contributed by atoms with Gasteiger partial charge in [0, 0.05) is 35.4 Å². The molecule has 1 unspecified atom stereocenters. The standard InChI is InChI=1S/C18H21FN2OS2/c1-13(21-8-6-17-14(11-21)7-9-23-17)10-20-18(22)12-24-16-4-2-15(19)3-5-16/h2-5,7,9,13H,6,8,10-12H2,1H3,(H,20,22). The number of thioether (sulfide) groups is 1. The summed E-state index contributed by atoms with van der Waals surface area (Å²) in [6.07, 6.45) is 1.10. The lowest BCUT2D eigenvalue weighted by atomic mass is 10.1. The van der Waals surface area contributed by atoms with E-state index in [2.05, 4.69) is 28.6 Å². The Morgan fingerprint density at radius 2 is 2.17 bits per heavy atom. The van der Waals surface area contributed by atoms with Gasteiger partial charge in [0.2, 0.25) is 5.91 Å². The Balaban J connectivity index is 1.40. The summed E-state index contributed by atoms with van der Waals surface area (Å²) in [5, 5.41) is 5.17. The molecule has 1 aliphatic rings. The number of benzene rings is 1. The summed E-state index contributed by atoms with van der Waals surface area (Å²) in [7, 11) is 0. The number of halogens is 1. The lowest BCUT2D eigenvalue weighted by Gasteiger charge is -2.32. The summed E-state index contributed by atoms with van der Waals surface area (Å²) in [5.74, 6) is 0.116. The normalized spacial score (nSPS) is 15.8. The molecule has 1 N–H and O–H groups in total. The zero-order valence-electron chi connectivity index (χ0n) is 13.6. The van der Waals surface area contributed by atoms with Gasteiger partial charge < -0.3 is 5.32 Å². The number of hydrogen-bond donors (Lipinski definition) is 1. The van der Waals surface area contributed by atoms with Crippen molar-refractivity contribution in [1.29, 1.82) is 0 Å². The van der Waals surface area contributed by atoms with Crippen LogP contribution in [0.1, 0.15) is 17.4 Å². The van der Waals surface area contributed by atoms with Crippen LogP contribution < -0.4 is 5.32 Å². The molecule has 0 spiro atoms. The summed E-state index contributed by atoms with van der Waals surface area (Å²) in [5.41, 5.74) is 1.43. The van der Waals surface area contributed by atoms with Gasteiger partial charge in [-0.1, -0.05) is 0 Å². The SMILES string of the molecule is CC(CNC(=O)CSc1ccc(F)cc1)N1CCc2sccc2C1. The zero-order chi connectivity index (χ0) is 16.9. The van der Waals surface area contributed by atoms with E-state index in [9.17, 15) is 9.18 Å². The maximum atomic E-state index is 12.9. The second kappa shape index (κ2) is 8.14. The van der Waals surface area contributed by atoms with Gasteiger partial charge in [0.05, 0.1) is 5.75 Å². The van der Waals surface area contributed by atoms with Crippen molar-refractivity contribution in [2.75, 3.05) is 18.8 Å². The molecule has 6 heteroatoms. The Morgan fingerprint density at radius 3 is 2.96 bits per heavy atom. The summed E-state index contributed by atoms with van der Waals surface area (Å²) >= 11 is 3.27. The molecule has 1 aromatic carbocycles. The predicted octanol–water partition coefficient (Wildman–Crippen LogP) is 3.54. The fourth-order valence-electron chi connectivity index (χ4n) is 2.77. The van der Waals surface area contributed by atoms with Gasteiger partial charge in [-0.3, -0.25) is 9.69 Å². The van der Waals surface area contributed by atoms with Gasteiger partial charge >= 0.3 is 0 Å². The number of fused-ring (bicyclic) bond motifs is 1. The molecule has 128 valence electrons. The van der Waals surface area contributed by atoms with E-state index in [0.717, 1.165) is 24.4 Å². The molecule has 2 aromatic rings. The fraction of sp³-hybridized carbons (Fsp3) is 0.389. The van der Waals surface area contributed by atoms with Crippen LogP contribution in [0.5, 0.6) is 0 Å². The van der Waals surface area contributed by atoms with Crippen molar-refractivity contribution >= 4 is 29.0 Å². The fourth-order valence-corrected chi connectivity index (χ4v) is 4.39. The Morgan fingerprint density at radius 1 is 1.38 bits per heavy atom. The highest BCUT2D eigenvalue weighted by atomic mass is 32.2. The molecule has 1 atom stereocenters. The maximum absolute atomic E-state index is 12.9. The number of thiophene rings is 1. The lowest BCUT2D eigenvalue weighted by molar-refractivity contribution is -0.118. The lowest BCUT2D eigenvalue weighted by Crippen LogP contribution is -2.44. The van der Waals surface area contributed by atoms with Crippen molar-refractivity contribution in [2.45, 2.75) is 30.8 Å². The van der Waals surface area contributed by atoms with Gasteiger partial charge in [0.1, 0.15) is 5.82 Å². The van der Waals surface area contributed by atoms with Gasteiger partial charge in [-0.2, -0.15) is 0 Å². The van der Waals surface area contributed by atoms with E-state index < -0.39 is 0 Å². The molecule has 0 aliphatic carbocycles. The summed E-state index contributed by atoms with van der Waals surface area (Å²) < 4.78 is 12.9. The van der Waals surface area contributed by atoms with E-state index in [1.165, 1.54) is 34.3 Å². The minimum absolute atomic E-state index is 0.0180. The van der Waals surface area contributed by atoms with Crippen LogP contribution in [0.2, 0.25) is 0 Å². The van der Waals surface area contributed by atoms with Crippen molar-refractivity contribution in [3.63, 3.8) is 0 Å². The average Bonchev–Trinajstić information content (AvgIpc) is 3.06. The molecule has 0 saturated heterocycles. The number of rotatable bonds is 6. The second-order valence-electron chi connectivity index (χ2n) is 5.99. The Hall–Kier alpha value is -1.37. The molecule has 24 heavy (non-hydrogen) atoms. The average molecular weight is 365 g/mol. The maximum Gasteiger partial charge on any atom is 0.230 e. The van der Waals surface area contributed by atoms with Crippen LogP contribution in [0.15, 0.2) is 40.6 Å². The van der Waals surface area contributed by atoms with Crippen LogP contribution in [-0.4, -0.2) is 35.7 Å². The summed E-state index contributed by atoms with van der Waals surface area (Å²) in [6.45, 7) is 4.84. The first-order chi connectivity index (χ1) is 11.6. The molecule has 0 radical (unpaired) electrons. The van der Waals surface area contributed by atoms with E-state index >= 15 is 0 Å². The van der Waals surface area contributed by atoms with Crippen LogP contribution in [0, 0.1) is 5.82 Å². The van der Waals surface area contributed by atoms with Crippen LogP contribution in [0.4, 0.5) is 4.39 Å². The minimum Gasteiger partial charge on any atom is -0.354 e. The molecule has 1 amide bonds. The molecular formula is C18H21FN2OS2. The third kappa shape index (κ3) is 4.59. The number of nitrogens with zero attached hydrogens (tertiary/aromatic N) is 1. The topological polar surface area (TPSA) is 32.3 Å². The first-order valence-electron chi connectivity index (χ1n) is 8.06. The molecule has 0 bridgehead atoms. The largest absolute Gasteiger partial charge is 0.354 e. The molecule has 1 aliphatic heterocycles. The first-order valence-corrected chi connectivity index (χ1v) is 9.92. The van der Waals surface area contributed by atoms with Gasteiger partial charge in [0.25, 0.3) is 0 Å². The number of amides is 1. The Bertz CT molecular complexity index is 687. The van der Waals surface area contributed by atoms with E-state index in [1.807, 2.05) is 11.3 Å². The van der Waals surface area contributed by atoms with Crippen LogP contribution in [0.3, 0.4) is 0 Å². The molecule has 3 rings (SSSR count). The molecule has 0 fully saturated rings. The number of carbonyl (C=O) groups excluding carboxylic acids is 1. The van der Waals surface area contributed by atoms with E-state index in [4.69, 9.17) is 0 Å². The van der Waals surface area contributed by atoms with E-state index in [1.54, 1.807) is 12.1 Å². The van der Waals surface area contributed by atoms with Gasteiger partial charge in [-0.25, -0.2) is 4.39 Å². The third-order valence-corrected chi connectivity index (χ3v) is 6.27. The molecular weight excluding hydrogens is 343 g/mol. The highest BCUT2D eigenvalue weighted by Gasteiger charge is 2.21. The monoisotopic (exact) mass is 364 g/mol. The minimum atomic E-state index is -0.257. The van der Waals surface area contributed by atoms with Crippen molar-refractivity contribution in [2.24, 2.45) is 0 Å². The quantitative estimate of drug-likeness (QED) is 0.796. The summed E-state index contributed by atoms with van der Waals surface area (Å²) in [4.78, 5) is 16.8. The molecule has 1 aromatic heterocycles. The van der Waals surface area contributed by atoms with E-state index in [-0.39, 0.29) is 11.7 Å². The highest BCUT2D eigenvalue weighted by Crippen LogP contribution is 2.25. The highest BCUT2D eigenvalue weighted by molar-refractivity contribution is 8.00. The molecule has 2 heterocycles. The van der Waals surface area contributed by atoms with Crippen molar-refractivity contribution in [3.8, 4) is 0 Å². The number of carbonyl (C=O) groups is 1. The van der Waals surface area contributed by atoms with Crippen LogP contribution >= 0.6 is 23.1 Å². The van der Waals surface area contributed by atoms with Gasteiger partial charge in [-0.15, -0.1) is 23.1 Å². The first kappa shape index (κ1) is 17.5. The second-order valence-corrected chi connectivity index (χ2v) is 8.03.